The van der Waals surface area contributed by atoms with Gasteiger partial charge in [0.15, 0.2) is 0 Å². The minimum absolute atomic E-state index is 0.0421. The van der Waals surface area contributed by atoms with E-state index < -0.39 is 0 Å². The van der Waals surface area contributed by atoms with E-state index in [0.717, 1.165) is 67.9 Å². The molecule has 0 unspecified atom stereocenters. The van der Waals surface area contributed by atoms with Crippen molar-refractivity contribution >= 4 is 5.95 Å². The third-order valence-electron chi connectivity index (χ3n) is 5.85. The summed E-state index contributed by atoms with van der Waals surface area (Å²) in [5.41, 5.74) is 2.02. The number of hydrogen-bond donors (Lipinski definition) is 0. The molecule has 2 aromatic heterocycles. The Morgan fingerprint density at radius 2 is 1.88 bits per heavy atom. The van der Waals surface area contributed by atoms with Gasteiger partial charge in [0.2, 0.25) is 17.7 Å². The number of fused-ring (bicyclic) bond motifs is 1. The van der Waals surface area contributed by atoms with Gasteiger partial charge in [-0.3, -0.25) is 0 Å². The molecule has 7 heteroatoms. The molecule has 2 aliphatic rings. The third kappa shape index (κ3) is 2.60. The fraction of sp³-hybridized carbons (Fsp3) is 0.722. The topological polar surface area (TPSA) is 80.8 Å². The van der Waals surface area contributed by atoms with Crippen molar-refractivity contribution in [2.45, 2.75) is 64.7 Å². The van der Waals surface area contributed by atoms with Crippen LogP contribution in [0.3, 0.4) is 0 Å². The zero-order chi connectivity index (χ0) is 17.4. The molecule has 134 valence electrons. The van der Waals surface area contributed by atoms with E-state index >= 15 is 0 Å². The predicted molar refractivity (Wildman–Crippen MR) is 93.5 cm³/mol. The Balaban J connectivity index is 1.64. The summed E-state index contributed by atoms with van der Waals surface area (Å²) in [6, 6.07) is 0. The number of nitrogens with zero attached hydrogens (tertiary/aromatic N) is 6. The van der Waals surface area contributed by atoms with Gasteiger partial charge in [0.1, 0.15) is 0 Å². The fourth-order valence-corrected chi connectivity index (χ4v) is 4.45. The van der Waals surface area contributed by atoms with E-state index in [1.54, 1.807) is 0 Å². The molecule has 25 heavy (non-hydrogen) atoms. The minimum Gasteiger partial charge on any atom is -0.425 e. The van der Waals surface area contributed by atoms with Gasteiger partial charge >= 0.3 is 0 Å². The first kappa shape index (κ1) is 16.4. The van der Waals surface area contributed by atoms with E-state index in [4.69, 9.17) is 9.40 Å². The highest BCUT2D eigenvalue weighted by Gasteiger charge is 2.54. The number of anilines is 1. The lowest BCUT2D eigenvalue weighted by Crippen LogP contribution is -2.33. The molecule has 0 amide bonds. The Bertz CT molecular complexity index is 760. The molecule has 0 spiro atoms. The van der Waals surface area contributed by atoms with Crippen LogP contribution in [0.5, 0.6) is 0 Å². The summed E-state index contributed by atoms with van der Waals surface area (Å²) in [6.07, 6.45) is 6.05. The van der Waals surface area contributed by atoms with Crippen molar-refractivity contribution < 1.29 is 4.42 Å². The molecule has 1 saturated heterocycles. The van der Waals surface area contributed by atoms with Crippen LogP contribution in [0.25, 0.3) is 0 Å². The summed E-state index contributed by atoms with van der Waals surface area (Å²) in [5, 5.41) is 17.4. The molecule has 1 aliphatic heterocycles. The second-order valence-corrected chi connectivity index (χ2v) is 7.19. The summed E-state index contributed by atoms with van der Waals surface area (Å²) in [6.45, 7) is 8.06. The SMILES string of the molecule is CCc1nnc([C@]23CCC[C@H]2CN(c2nnc(CC)c(CC)n2)C3)o1. The largest absolute Gasteiger partial charge is 0.425 e. The van der Waals surface area contributed by atoms with Crippen LogP contribution in [-0.2, 0) is 24.7 Å². The van der Waals surface area contributed by atoms with Crippen molar-refractivity contribution in [3.63, 3.8) is 0 Å². The maximum Gasteiger partial charge on any atom is 0.245 e. The average Bonchev–Trinajstić information content (AvgIpc) is 3.34. The Kier molecular flexibility index (Phi) is 4.17. The number of aromatic nitrogens is 5. The quantitative estimate of drug-likeness (QED) is 0.825. The highest BCUT2D eigenvalue weighted by molar-refractivity contribution is 5.38. The van der Waals surface area contributed by atoms with E-state index in [1.165, 1.54) is 12.8 Å². The summed E-state index contributed by atoms with van der Waals surface area (Å²) < 4.78 is 5.98. The molecule has 1 saturated carbocycles. The second-order valence-electron chi connectivity index (χ2n) is 7.19. The maximum absolute atomic E-state index is 5.98. The average molecular weight is 342 g/mol. The van der Waals surface area contributed by atoms with Gasteiger partial charge in [-0.15, -0.1) is 15.3 Å². The van der Waals surface area contributed by atoms with Crippen molar-refractivity contribution in [1.29, 1.82) is 0 Å². The Hall–Kier alpha value is -2.05. The predicted octanol–water partition coefficient (Wildman–Crippen LogP) is 2.50. The Morgan fingerprint density at radius 3 is 2.60 bits per heavy atom. The molecular weight excluding hydrogens is 316 g/mol. The molecule has 1 aliphatic carbocycles. The minimum atomic E-state index is -0.0421. The van der Waals surface area contributed by atoms with E-state index in [0.29, 0.717) is 5.92 Å². The molecule has 7 nitrogen and oxygen atoms in total. The van der Waals surface area contributed by atoms with Crippen LogP contribution in [0, 0.1) is 5.92 Å². The van der Waals surface area contributed by atoms with Gasteiger partial charge in [-0.2, -0.15) is 5.10 Å². The van der Waals surface area contributed by atoms with Crippen molar-refractivity contribution in [3.8, 4) is 0 Å². The monoisotopic (exact) mass is 342 g/mol. The molecule has 2 atom stereocenters. The van der Waals surface area contributed by atoms with Gasteiger partial charge in [-0.05, 0) is 31.6 Å². The van der Waals surface area contributed by atoms with E-state index in [-0.39, 0.29) is 5.41 Å². The number of rotatable bonds is 5. The van der Waals surface area contributed by atoms with Gasteiger partial charge in [0.05, 0.1) is 16.8 Å². The molecule has 2 aromatic rings. The lowest BCUT2D eigenvalue weighted by atomic mass is 9.80. The van der Waals surface area contributed by atoms with Crippen molar-refractivity contribution in [3.05, 3.63) is 23.2 Å². The molecule has 0 bridgehead atoms. The standard InChI is InChI=1S/C18H26N6O/c1-4-13-14(5-2)20-23-17(19-13)24-10-12-8-7-9-18(12,11-24)16-22-21-15(6-3)25-16/h12H,4-11H2,1-3H3/t12-,18-/m0/s1. The first-order chi connectivity index (χ1) is 12.2. The summed E-state index contributed by atoms with van der Waals surface area (Å²) in [7, 11) is 0. The van der Waals surface area contributed by atoms with Gasteiger partial charge in [-0.25, -0.2) is 4.98 Å². The van der Waals surface area contributed by atoms with Gasteiger partial charge in [-0.1, -0.05) is 27.2 Å². The van der Waals surface area contributed by atoms with Gasteiger partial charge in [0, 0.05) is 19.5 Å². The van der Waals surface area contributed by atoms with Crippen molar-refractivity contribution in [1.82, 2.24) is 25.4 Å². The third-order valence-corrected chi connectivity index (χ3v) is 5.85. The molecule has 0 N–H and O–H groups in total. The van der Waals surface area contributed by atoms with Crippen LogP contribution >= 0.6 is 0 Å². The van der Waals surface area contributed by atoms with Crippen LogP contribution in [0.15, 0.2) is 4.42 Å². The smallest absolute Gasteiger partial charge is 0.245 e. The fourth-order valence-electron chi connectivity index (χ4n) is 4.45. The molecule has 0 radical (unpaired) electrons. The van der Waals surface area contributed by atoms with E-state index in [1.807, 2.05) is 6.92 Å². The number of hydrogen-bond acceptors (Lipinski definition) is 7. The van der Waals surface area contributed by atoms with Crippen molar-refractivity contribution in [2.75, 3.05) is 18.0 Å². The molecule has 2 fully saturated rings. The van der Waals surface area contributed by atoms with E-state index in [2.05, 4.69) is 39.1 Å². The maximum atomic E-state index is 5.98. The lowest BCUT2D eigenvalue weighted by molar-refractivity contribution is 0.297. The second kappa shape index (κ2) is 6.35. The van der Waals surface area contributed by atoms with Gasteiger partial charge < -0.3 is 9.32 Å². The lowest BCUT2D eigenvalue weighted by Gasteiger charge is -2.24. The van der Waals surface area contributed by atoms with Crippen LogP contribution in [0.4, 0.5) is 5.95 Å². The summed E-state index contributed by atoms with van der Waals surface area (Å²) in [4.78, 5) is 7.07. The molecular formula is C18H26N6O. The van der Waals surface area contributed by atoms with Gasteiger partial charge in [0.25, 0.3) is 0 Å². The highest BCUT2D eigenvalue weighted by atomic mass is 16.4. The van der Waals surface area contributed by atoms with Crippen molar-refractivity contribution in [2.24, 2.45) is 5.92 Å². The van der Waals surface area contributed by atoms with Crippen LogP contribution in [0.1, 0.15) is 63.2 Å². The zero-order valence-electron chi connectivity index (χ0n) is 15.3. The van der Waals surface area contributed by atoms with Crippen LogP contribution < -0.4 is 4.90 Å². The number of aryl methyl sites for hydroxylation is 3. The zero-order valence-corrected chi connectivity index (χ0v) is 15.3. The Morgan fingerprint density at radius 1 is 1.04 bits per heavy atom. The molecule has 0 aromatic carbocycles. The first-order valence-corrected chi connectivity index (χ1v) is 9.50. The van der Waals surface area contributed by atoms with E-state index in [9.17, 15) is 0 Å². The first-order valence-electron chi connectivity index (χ1n) is 9.50. The molecule has 3 heterocycles. The molecule has 4 rings (SSSR count). The highest BCUT2D eigenvalue weighted by Crippen LogP contribution is 2.50. The normalized spacial score (nSPS) is 25.6. The summed E-state index contributed by atoms with van der Waals surface area (Å²) in [5.74, 6) is 2.81. The van der Waals surface area contributed by atoms with Crippen LogP contribution in [-0.4, -0.2) is 38.5 Å². The van der Waals surface area contributed by atoms with Crippen LogP contribution in [0.2, 0.25) is 0 Å². The summed E-state index contributed by atoms with van der Waals surface area (Å²) >= 11 is 0. The Labute approximate surface area is 148 Å².